The highest BCUT2D eigenvalue weighted by Gasteiger charge is 2.18. The molecular weight excluding hydrogens is 272 g/mol. The van der Waals surface area contributed by atoms with Gasteiger partial charge in [0, 0.05) is 11.5 Å². The smallest absolute Gasteiger partial charge is 0.379 e. The number of hydrogen-bond acceptors (Lipinski definition) is 5. The van der Waals surface area contributed by atoms with Gasteiger partial charge in [0.25, 0.3) is 0 Å². The lowest BCUT2D eigenvalue weighted by molar-refractivity contribution is 0.0703. The average molecular weight is 282 g/mol. The number of benzene rings is 2. The number of rotatable bonds is 2. The van der Waals surface area contributed by atoms with Crippen molar-refractivity contribution in [2.24, 2.45) is 0 Å². The lowest BCUT2D eigenvalue weighted by Crippen LogP contribution is -2.06. The minimum Gasteiger partial charge on any atom is -0.454 e. The Morgan fingerprint density at radius 3 is 2.76 bits per heavy atom. The van der Waals surface area contributed by atoms with Crippen LogP contribution < -0.4 is 14.2 Å². The van der Waals surface area contributed by atoms with Gasteiger partial charge in [-0.15, -0.1) is 0 Å². The van der Waals surface area contributed by atoms with Crippen molar-refractivity contribution in [1.82, 2.24) is 0 Å². The van der Waals surface area contributed by atoms with E-state index in [2.05, 4.69) is 0 Å². The van der Waals surface area contributed by atoms with Crippen LogP contribution in [0.2, 0.25) is 0 Å². The van der Waals surface area contributed by atoms with E-state index in [-0.39, 0.29) is 12.6 Å². The number of ether oxygens (including phenoxy) is 3. The maximum atomic E-state index is 12.1. The highest BCUT2D eigenvalue weighted by atomic mass is 16.7. The molecule has 0 saturated carbocycles. The third-order valence-corrected chi connectivity index (χ3v) is 3.18. The summed E-state index contributed by atoms with van der Waals surface area (Å²) in [5, 5.41) is 0.857. The summed E-state index contributed by atoms with van der Waals surface area (Å²) in [5.41, 5.74) is 0.648. The highest BCUT2D eigenvalue weighted by molar-refractivity contribution is 5.93. The molecule has 0 spiro atoms. The van der Waals surface area contributed by atoms with Crippen LogP contribution in [0.15, 0.2) is 52.9 Å². The first-order valence-electron chi connectivity index (χ1n) is 6.40. The van der Waals surface area contributed by atoms with Crippen molar-refractivity contribution in [2.45, 2.75) is 0 Å². The fourth-order valence-electron chi connectivity index (χ4n) is 2.18. The van der Waals surface area contributed by atoms with E-state index in [0.717, 1.165) is 5.39 Å². The molecular formula is C16H10O5. The van der Waals surface area contributed by atoms with Crippen LogP contribution >= 0.6 is 0 Å². The standard InChI is InChI=1S/C16H10O5/c17-16(15-7-10-3-1-2-4-12(10)21-15)20-11-5-6-13-14(8-11)19-9-18-13/h1-8H,9H2. The van der Waals surface area contributed by atoms with Crippen molar-refractivity contribution in [3.8, 4) is 17.2 Å². The molecule has 0 aliphatic carbocycles. The van der Waals surface area contributed by atoms with Crippen molar-refractivity contribution >= 4 is 16.9 Å². The topological polar surface area (TPSA) is 57.9 Å². The zero-order chi connectivity index (χ0) is 14.2. The van der Waals surface area contributed by atoms with Crippen molar-refractivity contribution in [2.75, 3.05) is 6.79 Å². The lowest BCUT2D eigenvalue weighted by Gasteiger charge is -2.03. The SMILES string of the molecule is O=C(Oc1ccc2c(c1)OCO2)c1cc2ccccc2o1. The molecule has 0 N–H and O–H groups in total. The van der Waals surface area contributed by atoms with Gasteiger partial charge >= 0.3 is 5.97 Å². The molecule has 0 fully saturated rings. The second kappa shape index (κ2) is 4.56. The van der Waals surface area contributed by atoms with Crippen LogP contribution in [0.1, 0.15) is 10.6 Å². The van der Waals surface area contributed by atoms with Gasteiger partial charge in [-0.1, -0.05) is 18.2 Å². The van der Waals surface area contributed by atoms with Crippen LogP contribution in [0.25, 0.3) is 11.0 Å². The molecule has 0 saturated heterocycles. The molecule has 21 heavy (non-hydrogen) atoms. The first kappa shape index (κ1) is 11.8. The van der Waals surface area contributed by atoms with Crippen molar-refractivity contribution in [3.63, 3.8) is 0 Å². The number of carbonyl (C=O) groups excluding carboxylic acids is 1. The molecule has 4 rings (SSSR count). The summed E-state index contributed by atoms with van der Waals surface area (Å²) in [6.07, 6.45) is 0. The quantitative estimate of drug-likeness (QED) is 0.532. The molecule has 0 unspecified atom stereocenters. The van der Waals surface area contributed by atoms with Gasteiger partial charge in [0.05, 0.1) is 0 Å². The predicted molar refractivity (Wildman–Crippen MR) is 73.7 cm³/mol. The van der Waals surface area contributed by atoms with Gasteiger partial charge in [-0.2, -0.15) is 0 Å². The summed E-state index contributed by atoms with van der Waals surface area (Å²) in [6.45, 7) is 0.177. The van der Waals surface area contributed by atoms with Gasteiger partial charge in [0.2, 0.25) is 12.6 Å². The number of para-hydroxylation sites is 1. The number of fused-ring (bicyclic) bond motifs is 2. The van der Waals surface area contributed by atoms with Gasteiger partial charge in [-0.25, -0.2) is 4.79 Å². The number of carbonyl (C=O) groups is 1. The van der Waals surface area contributed by atoms with E-state index in [4.69, 9.17) is 18.6 Å². The molecule has 1 aliphatic rings. The second-order valence-electron chi connectivity index (χ2n) is 4.55. The van der Waals surface area contributed by atoms with Crippen molar-refractivity contribution in [1.29, 1.82) is 0 Å². The lowest BCUT2D eigenvalue weighted by atomic mass is 10.2. The van der Waals surface area contributed by atoms with Crippen molar-refractivity contribution < 1.29 is 23.4 Å². The normalized spacial score (nSPS) is 12.6. The van der Waals surface area contributed by atoms with Gasteiger partial charge in [-0.05, 0) is 24.3 Å². The Hall–Kier alpha value is -2.95. The summed E-state index contributed by atoms with van der Waals surface area (Å²) in [5.74, 6) is 1.19. The minimum absolute atomic E-state index is 0.161. The van der Waals surface area contributed by atoms with Gasteiger partial charge in [0.1, 0.15) is 11.3 Å². The molecule has 2 aromatic carbocycles. The minimum atomic E-state index is -0.551. The van der Waals surface area contributed by atoms with Crippen LogP contribution in [0, 0.1) is 0 Å². The zero-order valence-corrected chi connectivity index (χ0v) is 10.9. The molecule has 5 heteroatoms. The molecule has 1 aliphatic heterocycles. The van der Waals surface area contributed by atoms with E-state index in [0.29, 0.717) is 22.8 Å². The van der Waals surface area contributed by atoms with E-state index in [1.807, 2.05) is 18.2 Å². The molecule has 0 amide bonds. The third kappa shape index (κ3) is 2.08. The van der Waals surface area contributed by atoms with Crippen LogP contribution in [-0.4, -0.2) is 12.8 Å². The maximum absolute atomic E-state index is 12.1. The first-order valence-corrected chi connectivity index (χ1v) is 6.40. The Kier molecular flexibility index (Phi) is 2.57. The molecule has 1 aromatic heterocycles. The Bertz CT molecular complexity index is 801. The monoisotopic (exact) mass is 282 g/mol. The molecule has 0 radical (unpaired) electrons. The summed E-state index contributed by atoms with van der Waals surface area (Å²) in [7, 11) is 0. The van der Waals surface area contributed by atoms with Gasteiger partial charge < -0.3 is 18.6 Å². The maximum Gasteiger partial charge on any atom is 0.379 e. The fraction of sp³-hybridized carbons (Fsp3) is 0.0625. The number of furan rings is 1. The molecule has 3 aromatic rings. The Balaban J connectivity index is 1.60. The Morgan fingerprint density at radius 2 is 1.86 bits per heavy atom. The largest absolute Gasteiger partial charge is 0.454 e. The van der Waals surface area contributed by atoms with Crippen LogP contribution in [0.4, 0.5) is 0 Å². The Labute approximate surface area is 119 Å². The van der Waals surface area contributed by atoms with E-state index >= 15 is 0 Å². The van der Waals surface area contributed by atoms with Crippen LogP contribution in [-0.2, 0) is 0 Å². The third-order valence-electron chi connectivity index (χ3n) is 3.18. The average Bonchev–Trinajstić information content (AvgIpc) is 3.13. The summed E-state index contributed by atoms with van der Waals surface area (Å²) < 4.78 is 21.2. The van der Waals surface area contributed by atoms with Crippen LogP contribution in [0.3, 0.4) is 0 Å². The molecule has 5 nitrogen and oxygen atoms in total. The van der Waals surface area contributed by atoms with Crippen molar-refractivity contribution in [3.05, 3.63) is 54.3 Å². The van der Waals surface area contributed by atoms with E-state index in [1.165, 1.54) is 0 Å². The van der Waals surface area contributed by atoms with Gasteiger partial charge in [-0.3, -0.25) is 0 Å². The summed E-state index contributed by atoms with van der Waals surface area (Å²) in [4.78, 5) is 12.1. The van der Waals surface area contributed by atoms with E-state index in [9.17, 15) is 4.79 Å². The summed E-state index contributed by atoms with van der Waals surface area (Å²) >= 11 is 0. The fourth-order valence-corrected chi connectivity index (χ4v) is 2.18. The zero-order valence-electron chi connectivity index (χ0n) is 10.9. The summed E-state index contributed by atoms with van der Waals surface area (Å²) in [6, 6.07) is 14.0. The highest BCUT2D eigenvalue weighted by Crippen LogP contribution is 2.35. The molecule has 104 valence electrons. The predicted octanol–water partition coefficient (Wildman–Crippen LogP) is 3.38. The molecule has 2 heterocycles. The van der Waals surface area contributed by atoms with E-state index in [1.54, 1.807) is 30.3 Å². The molecule has 0 atom stereocenters. The van der Waals surface area contributed by atoms with Gasteiger partial charge in [0.15, 0.2) is 11.5 Å². The Morgan fingerprint density at radius 1 is 1.00 bits per heavy atom. The number of hydrogen-bond donors (Lipinski definition) is 0. The molecule has 0 bridgehead atoms. The van der Waals surface area contributed by atoms with E-state index < -0.39 is 5.97 Å². The van der Waals surface area contributed by atoms with Crippen LogP contribution in [0.5, 0.6) is 17.2 Å². The second-order valence-corrected chi connectivity index (χ2v) is 4.55. The number of esters is 1. The first-order chi connectivity index (χ1) is 10.3.